The largest absolute Gasteiger partial charge is 0.482 e. The Balaban J connectivity index is 1.82. The highest BCUT2D eigenvalue weighted by Crippen LogP contribution is 2.35. The van der Waals surface area contributed by atoms with E-state index in [2.05, 4.69) is 20.3 Å². The standard InChI is InChI=1S/C18H16N4O2/c1-10-4-3-5-14(19-10)18-17(20-11(2)21-18)12-6-7-13-15(8-12)24-9-16(23)22-13/h3-8H,9H2,1-2H3,(H,20,21)(H,22,23). The van der Waals surface area contributed by atoms with Crippen molar-refractivity contribution in [2.24, 2.45) is 0 Å². The van der Waals surface area contributed by atoms with Gasteiger partial charge < -0.3 is 15.0 Å². The van der Waals surface area contributed by atoms with Gasteiger partial charge in [-0.15, -0.1) is 0 Å². The number of nitrogens with zero attached hydrogens (tertiary/aromatic N) is 2. The Morgan fingerprint density at radius 2 is 2.00 bits per heavy atom. The zero-order chi connectivity index (χ0) is 16.7. The molecule has 3 aromatic rings. The van der Waals surface area contributed by atoms with Crippen molar-refractivity contribution in [1.29, 1.82) is 0 Å². The van der Waals surface area contributed by atoms with Crippen molar-refractivity contribution < 1.29 is 9.53 Å². The minimum atomic E-state index is -0.143. The number of aryl methyl sites for hydroxylation is 2. The number of anilines is 1. The number of aromatic nitrogens is 3. The minimum Gasteiger partial charge on any atom is -0.482 e. The molecule has 0 atom stereocenters. The van der Waals surface area contributed by atoms with Gasteiger partial charge in [-0.2, -0.15) is 0 Å². The van der Waals surface area contributed by atoms with Gasteiger partial charge in [0, 0.05) is 11.3 Å². The molecule has 0 radical (unpaired) electrons. The molecule has 6 heteroatoms. The van der Waals surface area contributed by atoms with Crippen LogP contribution in [0.15, 0.2) is 36.4 Å². The Morgan fingerprint density at radius 1 is 1.12 bits per heavy atom. The quantitative estimate of drug-likeness (QED) is 0.760. The van der Waals surface area contributed by atoms with Crippen LogP contribution in [0.1, 0.15) is 11.5 Å². The molecule has 2 aromatic heterocycles. The number of nitrogens with one attached hydrogen (secondary N) is 2. The maximum atomic E-state index is 11.4. The SMILES string of the molecule is Cc1cccc(-c2[nH]c(C)nc2-c2ccc3c(c2)OCC(=O)N3)n1. The summed E-state index contributed by atoms with van der Waals surface area (Å²) in [7, 11) is 0. The van der Waals surface area contributed by atoms with E-state index in [1.807, 2.05) is 50.2 Å². The highest BCUT2D eigenvalue weighted by Gasteiger charge is 2.19. The maximum absolute atomic E-state index is 11.4. The Bertz CT molecular complexity index is 946. The second-order valence-electron chi connectivity index (χ2n) is 5.76. The highest BCUT2D eigenvalue weighted by molar-refractivity contribution is 5.96. The number of fused-ring (bicyclic) bond motifs is 1. The molecular weight excluding hydrogens is 304 g/mol. The normalized spacial score (nSPS) is 13.2. The van der Waals surface area contributed by atoms with Crippen LogP contribution in [0.4, 0.5) is 5.69 Å². The van der Waals surface area contributed by atoms with Gasteiger partial charge in [-0.1, -0.05) is 12.1 Å². The van der Waals surface area contributed by atoms with Crippen molar-refractivity contribution in [2.75, 3.05) is 11.9 Å². The molecule has 0 unspecified atom stereocenters. The molecule has 0 fully saturated rings. The first-order chi connectivity index (χ1) is 11.6. The number of rotatable bonds is 2. The molecule has 0 aliphatic carbocycles. The number of imidazole rings is 1. The van der Waals surface area contributed by atoms with E-state index in [-0.39, 0.29) is 12.5 Å². The van der Waals surface area contributed by atoms with Crippen molar-refractivity contribution >= 4 is 11.6 Å². The molecule has 24 heavy (non-hydrogen) atoms. The van der Waals surface area contributed by atoms with E-state index in [9.17, 15) is 4.79 Å². The van der Waals surface area contributed by atoms with E-state index in [1.165, 1.54) is 0 Å². The molecule has 1 aromatic carbocycles. The lowest BCUT2D eigenvalue weighted by Crippen LogP contribution is -2.25. The predicted octanol–water partition coefficient (Wildman–Crippen LogP) is 3.09. The summed E-state index contributed by atoms with van der Waals surface area (Å²) in [6.07, 6.45) is 0. The van der Waals surface area contributed by atoms with E-state index in [4.69, 9.17) is 4.74 Å². The van der Waals surface area contributed by atoms with E-state index in [1.54, 1.807) is 0 Å². The Morgan fingerprint density at radius 3 is 2.83 bits per heavy atom. The fraction of sp³-hybridized carbons (Fsp3) is 0.167. The smallest absolute Gasteiger partial charge is 0.262 e. The number of amides is 1. The molecule has 0 spiro atoms. The van der Waals surface area contributed by atoms with Gasteiger partial charge in [-0.3, -0.25) is 9.78 Å². The summed E-state index contributed by atoms with van der Waals surface area (Å²) in [5.74, 6) is 1.32. The second-order valence-corrected chi connectivity index (χ2v) is 5.76. The van der Waals surface area contributed by atoms with Crippen LogP contribution in [-0.2, 0) is 4.79 Å². The molecule has 0 saturated carbocycles. The molecular formula is C18H16N4O2. The summed E-state index contributed by atoms with van der Waals surface area (Å²) < 4.78 is 5.50. The lowest BCUT2D eigenvalue weighted by Gasteiger charge is -2.18. The number of carbonyl (C=O) groups is 1. The molecule has 3 heterocycles. The van der Waals surface area contributed by atoms with E-state index >= 15 is 0 Å². The fourth-order valence-corrected chi connectivity index (χ4v) is 2.79. The van der Waals surface area contributed by atoms with Crippen molar-refractivity contribution in [3.05, 3.63) is 47.9 Å². The number of hydrogen-bond acceptors (Lipinski definition) is 4. The number of H-pyrrole nitrogens is 1. The number of hydrogen-bond donors (Lipinski definition) is 2. The van der Waals surface area contributed by atoms with Crippen LogP contribution in [0.2, 0.25) is 0 Å². The third kappa shape index (κ3) is 2.52. The average molecular weight is 320 g/mol. The van der Waals surface area contributed by atoms with E-state index in [0.29, 0.717) is 11.4 Å². The fourth-order valence-electron chi connectivity index (χ4n) is 2.79. The van der Waals surface area contributed by atoms with Crippen LogP contribution in [-0.4, -0.2) is 27.5 Å². The molecule has 120 valence electrons. The number of aromatic amines is 1. The number of pyridine rings is 1. The monoisotopic (exact) mass is 320 g/mol. The zero-order valence-corrected chi connectivity index (χ0v) is 13.4. The zero-order valence-electron chi connectivity index (χ0n) is 13.4. The summed E-state index contributed by atoms with van der Waals surface area (Å²) in [6.45, 7) is 3.90. The highest BCUT2D eigenvalue weighted by atomic mass is 16.5. The van der Waals surface area contributed by atoms with Crippen molar-refractivity contribution in [2.45, 2.75) is 13.8 Å². The molecule has 1 aliphatic heterocycles. The van der Waals surface area contributed by atoms with Crippen LogP contribution >= 0.6 is 0 Å². The number of ether oxygens (including phenoxy) is 1. The second kappa shape index (κ2) is 5.49. The predicted molar refractivity (Wildman–Crippen MR) is 90.9 cm³/mol. The van der Waals surface area contributed by atoms with Crippen molar-refractivity contribution in [3.63, 3.8) is 0 Å². The van der Waals surface area contributed by atoms with Gasteiger partial charge in [0.15, 0.2) is 6.61 Å². The maximum Gasteiger partial charge on any atom is 0.262 e. The molecule has 4 rings (SSSR count). The minimum absolute atomic E-state index is 0.0301. The van der Waals surface area contributed by atoms with Crippen LogP contribution in [0, 0.1) is 13.8 Å². The molecule has 1 aliphatic rings. The molecule has 1 amide bonds. The lowest BCUT2D eigenvalue weighted by molar-refractivity contribution is -0.118. The van der Waals surface area contributed by atoms with E-state index in [0.717, 1.165) is 34.2 Å². The topological polar surface area (TPSA) is 79.9 Å². The average Bonchev–Trinajstić information content (AvgIpc) is 2.96. The van der Waals surface area contributed by atoms with Gasteiger partial charge in [-0.25, -0.2) is 4.98 Å². The summed E-state index contributed by atoms with van der Waals surface area (Å²) in [5, 5.41) is 2.79. The van der Waals surface area contributed by atoms with Crippen LogP contribution in [0.5, 0.6) is 5.75 Å². The third-order valence-electron chi connectivity index (χ3n) is 3.85. The molecule has 6 nitrogen and oxygen atoms in total. The summed E-state index contributed by atoms with van der Waals surface area (Å²) in [6, 6.07) is 11.5. The Hall–Kier alpha value is -3.15. The van der Waals surface area contributed by atoms with Gasteiger partial charge in [0.1, 0.15) is 11.6 Å². The van der Waals surface area contributed by atoms with Gasteiger partial charge in [0.25, 0.3) is 5.91 Å². The summed E-state index contributed by atoms with van der Waals surface area (Å²) in [4.78, 5) is 23.9. The Kier molecular flexibility index (Phi) is 3.30. The first kappa shape index (κ1) is 14.4. The number of carbonyl (C=O) groups excluding carboxylic acids is 1. The first-order valence-electron chi connectivity index (χ1n) is 7.68. The third-order valence-corrected chi connectivity index (χ3v) is 3.85. The number of benzene rings is 1. The van der Waals surface area contributed by atoms with Crippen molar-refractivity contribution in [3.8, 4) is 28.4 Å². The van der Waals surface area contributed by atoms with Gasteiger partial charge in [0.05, 0.1) is 22.8 Å². The van der Waals surface area contributed by atoms with Gasteiger partial charge in [-0.05, 0) is 38.1 Å². The summed E-state index contributed by atoms with van der Waals surface area (Å²) in [5.41, 5.74) is 5.06. The van der Waals surface area contributed by atoms with E-state index < -0.39 is 0 Å². The summed E-state index contributed by atoms with van der Waals surface area (Å²) >= 11 is 0. The van der Waals surface area contributed by atoms with Crippen molar-refractivity contribution in [1.82, 2.24) is 15.0 Å². The van der Waals surface area contributed by atoms with Gasteiger partial charge in [0.2, 0.25) is 0 Å². The molecule has 0 saturated heterocycles. The van der Waals surface area contributed by atoms with Gasteiger partial charge >= 0.3 is 0 Å². The van der Waals surface area contributed by atoms with Crippen LogP contribution in [0.3, 0.4) is 0 Å². The molecule has 2 N–H and O–H groups in total. The Labute approximate surface area is 138 Å². The van der Waals surface area contributed by atoms with Crippen LogP contribution < -0.4 is 10.1 Å². The first-order valence-corrected chi connectivity index (χ1v) is 7.68. The molecule has 0 bridgehead atoms. The van der Waals surface area contributed by atoms with Crippen LogP contribution in [0.25, 0.3) is 22.6 Å². The lowest BCUT2D eigenvalue weighted by atomic mass is 10.1.